The number of allylic oxidation sites excluding steroid dienone is 1. The van der Waals surface area contributed by atoms with Crippen molar-refractivity contribution in [2.24, 2.45) is 16.7 Å². The number of Topliss-reactive ketones (excluding diaryl/α,β-unsaturated/α-hetero) is 1. The lowest BCUT2D eigenvalue weighted by molar-refractivity contribution is -0.142. The molecule has 290 valence electrons. The molecule has 53 heavy (non-hydrogen) atoms. The van der Waals surface area contributed by atoms with Gasteiger partial charge in [-0.1, -0.05) is 38.5 Å². The van der Waals surface area contributed by atoms with Gasteiger partial charge in [-0.15, -0.1) is 6.58 Å². The van der Waals surface area contributed by atoms with E-state index in [1.165, 1.54) is 17.0 Å². The Kier molecular flexibility index (Phi) is 10.5. The van der Waals surface area contributed by atoms with Gasteiger partial charge in [0.1, 0.15) is 29.2 Å². The summed E-state index contributed by atoms with van der Waals surface area (Å²) in [4.78, 5) is 60.2. The molecule has 3 fully saturated rings. The first-order chi connectivity index (χ1) is 24.3. The molecule has 0 unspecified atom stereocenters. The number of sulfonamides is 1. The lowest BCUT2D eigenvalue weighted by atomic mass is 9.85. The summed E-state index contributed by atoms with van der Waals surface area (Å²) in [5.74, 6) is -2.74. The van der Waals surface area contributed by atoms with Gasteiger partial charge >= 0.3 is 12.3 Å². The van der Waals surface area contributed by atoms with Crippen LogP contribution in [0.4, 0.5) is 18.0 Å². The van der Waals surface area contributed by atoms with E-state index in [0.717, 1.165) is 11.6 Å². The second-order valence-electron chi connectivity index (χ2n) is 16.5. The summed E-state index contributed by atoms with van der Waals surface area (Å²) in [5, 5.41) is 2.24. The van der Waals surface area contributed by atoms with E-state index in [4.69, 9.17) is 9.47 Å². The maximum absolute atomic E-state index is 14.5. The SMILES string of the molecule is C=C[C@@H]1C[C@]1(CC(=O)[C@@H]1C[C@@H](Oc2cc(C(F)(F)F)nc3ccc(C)cc23)CN1C(=O)[C@@H](NC(=O)OC(C)(C)C)C(C)(C)C)C(=O)NS(=O)(=O)C1CC1. The van der Waals surface area contributed by atoms with E-state index >= 15 is 0 Å². The number of fused-ring (bicyclic) bond motifs is 1. The largest absolute Gasteiger partial charge is 0.488 e. The average Bonchev–Trinajstić information content (AvgIpc) is 3.94. The van der Waals surface area contributed by atoms with Crippen LogP contribution in [0.25, 0.3) is 10.9 Å². The number of benzene rings is 1. The second-order valence-corrected chi connectivity index (χ2v) is 18.4. The average molecular weight is 765 g/mol. The number of carbonyl (C=O) groups is 4. The molecule has 2 heterocycles. The number of carbonyl (C=O) groups excluding carboxylic acids is 4. The zero-order valence-electron chi connectivity index (χ0n) is 30.9. The third kappa shape index (κ3) is 8.95. The molecule has 5 atom stereocenters. The first-order valence-corrected chi connectivity index (χ1v) is 19.1. The van der Waals surface area contributed by atoms with Crippen molar-refractivity contribution < 1.29 is 50.2 Å². The number of aromatic nitrogens is 1. The number of nitrogens with one attached hydrogen (secondary N) is 2. The van der Waals surface area contributed by atoms with Gasteiger partial charge in [0.2, 0.25) is 21.8 Å². The fourth-order valence-electron chi connectivity index (χ4n) is 6.71. The maximum atomic E-state index is 14.5. The van der Waals surface area contributed by atoms with Crippen molar-refractivity contribution in [1.82, 2.24) is 19.9 Å². The van der Waals surface area contributed by atoms with E-state index in [1.807, 2.05) is 0 Å². The van der Waals surface area contributed by atoms with Crippen LogP contribution < -0.4 is 14.8 Å². The molecule has 2 N–H and O–H groups in total. The number of rotatable bonds is 11. The molecule has 2 aromatic rings. The van der Waals surface area contributed by atoms with Gasteiger partial charge in [0, 0.05) is 24.3 Å². The zero-order chi connectivity index (χ0) is 39.5. The molecule has 1 saturated heterocycles. The van der Waals surface area contributed by atoms with Crippen molar-refractivity contribution in [3.05, 3.63) is 48.2 Å². The molecule has 5 rings (SSSR count). The van der Waals surface area contributed by atoms with Gasteiger partial charge in [0.25, 0.3) is 0 Å². The summed E-state index contributed by atoms with van der Waals surface area (Å²) in [7, 11) is -3.94. The second kappa shape index (κ2) is 13.9. The van der Waals surface area contributed by atoms with Gasteiger partial charge in [-0.05, 0) is 70.4 Å². The zero-order valence-corrected chi connectivity index (χ0v) is 31.7. The van der Waals surface area contributed by atoms with Crippen molar-refractivity contribution >= 4 is 44.6 Å². The summed E-state index contributed by atoms with van der Waals surface area (Å²) in [5.41, 5.74) is -3.65. The fourth-order valence-corrected chi connectivity index (χ4v) is 8.10. The van der Waals surface area contributed by atoms with E-state index in [9.17, 15) is 40.8 Å². The smallest absolute Gasteiger partial charge is 0.433 e. The van der Waals surface area contributed by atoms with E-state index in [-0.39, 0.29) is 30.7 Å². The normalized spacial score (nSPS) is 24.0. The Morgan fingerprint density at radius 1 is 1.09 bits per heavy atom. The number of ketones is 1. The Bertz CT molecular complexity index is 1930. The van der Waals surface area contributed by atoms with Crippen molar-refractivity contribution in [2.75, 3.05) is 6.54 Å². The van der Waals surface area contributed by atoms with Gasteiger partial charge in [-0.3, -0.25) is 19.1 Å². The van der Waals surface area contributed by atoms with Crippen LogP contribution in [0.5, 0.6) is 5.75 Å². The summed E-state index contributed by atoms with van der Waals surface area (Å²) < 4.78 is 80.9. The Morgan fingerprint density at radius 2 is 1.75 bits per heavy atom. The van der Waals surface area contributed by atoms with Crippen LogP contribution >= 0.6 is 0 Å². The van der Waals surface area contributed by atoms with Crippen LogP contribution in [0.15, 0.2) is 36.9 Å². The first kappa shape index (κ1) is 40.0. The molecule has 0 bridgehead atoms. The number of hydrogen-bond donors (Lipinski definition) is 2. The fraction of sp³-hybridized carbons (Fsp3) is 0.595. The van der Waals surface area contributed by atoms with Gasteiger partial charge in [0.05, 0.1) is 28.8 Å². The highest BCUT2D eigenvalue weighted by Crippen LogP contribution is 2.57. The third-order valence-corrected chi connectivity index (χ3v) is 11.6. The molecule has 2 saturated carbocycles. The standard InChI is InChI=1S/C37H47F3N4O8S/c1-9-21-17-36(21,32(47)43-53(49,50)23-11-12-23)18-27(45)26-15-22(19-44(26)31(46)30(34(3,4)5)42-33(48)52-35(6,7)8)51-28-16-29(37(38,39)40)41-25-13-10-20(2)14-24(25)28/h9-10,13-14,16,21-23,26,30H,1,11-12,15,17-19H2,2-8H3,(H,42,48)(H,43,47)/t21-,22-,26+,30-,36-/m1/s1. The Balaban J connectivity index is 1.50. The van der Waals surface area contributed by atoms with Crippen LogP contribution in [-0.2, 0) is 35.3 Å². The Morgan fingerprint density at radius 3 is 2.30 bits per heavy atom. The van der Waals surface area contributed by atoms with Crippen LogP contribution in [-0.4, -0.2) is 77.6 Å². The number of likely N-dealkylation sites (tertiary alicyclic amines) is 1. The molecule has 3 aliphatic rings. The predicted octanol–water partition coefficient (Wildman–Crippen LogP) is 5.61. The monoisotopic (exact) mass is 764 g/mol. The van der Waals surface area contributed by atoms with Crippen molar-refractivity contribution in [2.45, 2.75) is 116 Å². The number of halogens is 3. The molecule has 16 heteroatoms. The summed E-state index contributed by atoms with van der Waals surface area (Å²) in [6.07, 6.45) is -4.80. The van der Waals surface area contributed by atoms with Gasteiger partial charge in [-0.2, -0.15) is 13.2 Å². The number of aryl methyl sites for hydroxylation is 1. The van der Waals surface area contributed by atoms with Crippen molar-refractivity contribution in [3.8, 4) is 5.75 Å². The lowest BCUT2D eigenvalue weighted by Gasteiger charge is -2.36. The van der Waals surface area contributed by atoms with E-state index in [2.05, 4.69) is 21.6 Å². The quantitative estimate of drug-likeness (QED) is 0.277. The highest BCUT2D eigenvalue weighted by molar-refractivity contribution is 7.90. The molecule has 0 radical (unpaired) electrons. The maximum Gasteiger partial charge on any atom is 0.433 e. The Labute approximate surface area is 307 Å². The van der Waals surface area contributed by atoms with E-state index in [1.54, 1.807) is 60.6 Å². The minimum atomic E-state index is -4.80. The van der Waals surface area contributed by atoms with E-state index in [0.29, 0.717) is 18.2 Å². The first-order valence-electron chi connectivity index (χ1n) is 17.5. The van der Waals surface area contributed by atoms with Gasteiger partial charge < -0.3 is 19.7 Å². The Hall–Kier alpha value is -4.21. The molecule has 3 amide bonds. The number of ether oxygens (including phenoxy) is 2. The molecular formula is C37H47F3N4O8S. The minimum absolute atomic E-state index is 0.0339. The number of amides is 3. The third-order valence-electron chi connectivity index (χ3n) is 9.76. The van der Waals surface area contributed by atoms with Gasteiger partial charge in [-0.25, -0.2) is 18.2 Å². The number of nitrogens with zero attached hydrogens (tertiary/aromatic N) is 2. The number of pyridine rings is 1. The molecule has 2 aliphatic carbocycles. The molecule has 1 aliphatic heterocycles. The predicted molar refractivity (Wildman–Crippen MR) is 189 cm³/mol. The minimum Gasteiger partial charge on any atom is -0.488 e. The number of alkyl halides is 3. The molecule has 0 spiro atoms. The van der Waals surface area contributed by atoms with Crippen LogP contribution in [0, 0.1) is 23.7 Å². The highest BCUT2D eigenvalue weighted by Gasteiger charge is 2.61. The molecule has 1 aromatic heterocycles. The van der Waals surface area contributed by atoms with Crippen molar-refractivity contribution in [3.63, 3.8) is 0 Å². The molecule has 1 aromatic carbocycles. The summed E-state index contributed by atoms with van der Waals surface area (Å²) in [6.45, 7) is 15.3. The lowest BCUT2D eigenvalue weighted by Crippen LogP contribution is -2.57. The summed E-state index contributed by atoms with van der Waals surface area (Å²) in [6, 6.07) is 2.99. The topological polar surface area (TPSA) is 161 Å². The van der Waals surface area contributed by atoms with Crippen LogP contribution in [0.3, 0.4) is 0 Å². The molecular weight excluding hydrogens is 717 g/mol. The van der Waals surface area contributed by atoms with Crippen molar-refractivity contribution in [1.29, 1.82) is 0 Å². The number of alkyl carbamates (subject to hydrolysis) is 1. The van der Waals surface area contributed by atoms with Gasteiger partial charge in [0.15, 0.2) is 5.78 Å². The summed E-state index contributed by atoms with van der Waals surface area (Å²) >= 11 is 0. The highest BCUT2D eigenvalue weighted by atomic mass is 32.2. The van der Waals surface area contributed by atoms with E-state index < -0.39 is 97.8 Å². The number of hydrogen-bond acceptors (Lipinski definition) is 9. The molecule has 12 nitrogen and oxygen atoms in total. The van der Waals surface area contributed by atoms with Crippen LogP contribution in [0.1, 0.15) is 84.9 Å². The van der Waals surface area contributed by atoms with Crippen LogP contribution in [0.2, 0.25) is 0 Å².